The van der Waals surface area contributed by atoms with Crippen molar-refractivity contribution in [3.05, 3.63) is 40.7 Å². The molecule has 0 bridgehead atoms. The van der Waals surface area contributed by atoms with Crippen LogP contribution in [0.5, 0.6) is 0 Å². The average molecular weight is 240 g/mol. The summed E-state index contributed by atoms with van der Waals surface area (Å²) in [7, 11) is 0. The van der Waals surface area contributed by atoms with Gasteiger partial charge in [0.2, 0.25) is 0 Å². The van der Waals surface area contributed by atoms with E-state index in [2.05, 4.69) is 11.6 Å². The number of nitrogens with two attached hydrogens (primary N) is 1. The van der Waals surface area contributed by atoms with E-state index in [1.807, 2.05) is 0 Å². The summed E-state index contributed by atoms with van der Waals surface area (Å²) < 4.78 is 0. The fourth-order valence-electron chi connectivity index (χ4n) is 0.858. The molecule has 0 aromatic carbocycles. The molecule has 0 unspecified atom stereocenters. The second-order valence-corrected chi connectivity index (χ2v) is 3.09. The summed E-state index contributed by atoms with van der Waals surface area (Å²) in [6.45, 7) is 3.56. The zero-order valence-corrected chi connectivity index (χ0v) is 9.03. The van der Waals surface area contributed by atoms with E-state index in [0.717, 1.165) is 0 Å². The Morgan fingerprint density at radius 2 is 1.85 bits per heavy atom. The Kier molecular flexibility index (Phi) is 5.33. The Morgan fingerprint density at radius 3 is 2.23 bits per heavy atom. The number of nitrogens with zero attached hydrogens (tertiary/aromatic N) is 1. The lowest BCUT2D eigenvalue weighted by Gasteiger charge is -2.09. The molecule has 0 saturated carbocycles. The monoisotopic (exact) mass is 238 g/mol. The first-order valence-electron chi connectivity index (χ1n) is 3.34. The summed E-state index contributed by atoms with van der Waals surface area (Å²) in [5.74, 6) is 0. The Bertz CT molecular complexity index is 281. The molecule has 1 aromatic rings. The first-order chi connectivity index (χ1) is 5.66. The molecule has 0 aliphatic rings. The minimum Gasteiger partial charge on any atom is -0.321 e. The summed E-state index contributed by atoms with van der Waals surface area (Å²) in [4.78, 5) is 3.81. The maximum atomic E-state index is 5.83. The minimum absolute atomic E-state index is 0. The molecule has 2 N–H and O–H groups in total. The molecule has 13 heavy (non-hydrogen) atoms. The van der Waals surface area contributed by atoms with Gasteiger partial charge in [-0.05, 0) is 0 Å². The van der Waals surface area contributed by atoms with Crippen LogP contribution in [0.3, 0.4) is 0 Å². The average Bonchev–Trinajstić information content (AvgIpc) is 2.03. The van der Waals surface area contributed by atoms with Gasteiger partial charge in [-0.1, -0.05) is 29.3 Å². The van der Waals surface area contributed by atoms with Crippen molar-refractivity contribution in [3.63, 3.8) is 0 Å². The smallest absolute Gasteiger partial charge is 0.0655 e. The van der Waals surface area contributed by atoms with Crippen LogP contribution in [0.15, 0.2) is 25.0 Å². The van der Waals surface area contributed by atoms with Crippen molar-refractivity contribution in [1.29, 1.82) is 0 Å². The number of hydrogen-bond acceptors (Lipinski definition) is 2. The molecule has 0 fully saturated rings. The van der Waals surface area contributed by atoms with E-state index in [4.69, 9.17) is 28.9 Å². The first kappa shape index (κ1) is 12.7. The van der Waals surface area contributed by atoms with Gasteiger partial charge in [-0.3, -0.25) is 4.98 Å². The molecule has 0 spiro atoms. The van der Waals surface area contributed by atoms with Crippen LogP contribution in [0.2, 0.25) is 10.0 Å². The predicted molar refractivity (Wildman–Crippen MR) is 58.6 cm³/mol. The molecule has 1 atom stereocenters. The molecule has 0 radical (unpaired) electrons. The highest BCUT2D eigenvalue weighted by molar-refractivity contribution is 6.35. The minimum atomic E-state index is -0.340. The topological polar surface area (TPSA) is 38.9 Å². The third kappa shape index (κ3) is 2.85. The zero-order chi connectivity index (χ0) is 9.14. The lowest BCUT2D eigenvalue weighted by Crippen LogP contribution is -2.08. The van der Waals surface area contributed by atoms with E-state index >= 15 is 0 Å². The highest BCUT2D eigenvalue weighted by Gasteiger charge is 2.10. The Labute approximate surface area is 93.2 Å². The fourth-order valence-corrected chi connectivity index (χ4v) is 1.47. The van der Waals surface area contributed by atoms with Gasteiger partial charge in [0, 0.05) is 18.0 Å². The van der Waals surface area contributed by atoms with Crippen LogP contribution in [-0.4, -0.2) is 4.98 Å². The molecule has 2 nitrogen and oxygen atoms in total. The molecular weight excluding hydrogens is 230 g/mol. The predicted octanol–water partition coefficient (Wildman–Crippen LogP) is 3.00. The fraction of sp³-hybridized carbons (Fsp3) is 0.125. The Hall–Kier alpha value is -0.280. The van der Waals surface area contributed by atoms with E-state index < -0.39 is 0 Å². The van der Waals surface area contributed by atoms with Gasteiger partial charge in [0.1, 0.15) is 0 Å². The molecule has 72 valence electrons. The molecule has 0 aliphatic carbocycles. The van der Waals surface area contributed by atoms with Gasteiger partial charge in [-0.25, -0.2) is 0 Å². The van der Waals surface area contributed by atoms with Gasteiger partial charge < -0.3 is 5.73 Å². The van der Waals surface area contributed by atoms with Crippen LogP contribution in [0, 0.1) is 0 Å². The molecule has 0 aliphatic heterocycles. The number of hydrogen-bond donors (Lipinski definition) is 1. The van der Waals surface area contributed by atoms with Crippen molar-refractivity contribution in [1.82, 2.24) is 4.98 Å². The second-order valence-electron chi connectivity index (χ2n) is 2.28. The van der Waals surface area contributed by atoms with Crippen LogP contribution < -0.4 is 5.73 Å². The van der Waals surface area contributed by atoms with E-state index in [-0.39, 0.29) is 18.4 Å². The molecule has 1 rings (SSSR count). The number of pyridine rings is 1. The molecule has 0 amide bonds. The van der Waals surface area contributed by atoms with Crippen molar-refractivity contribution in [3.8, 4) is 0 Å². The summed E-state index contributed by atoms with van der Waals surface area (Å²) >= 11 is 11.7. The van der Waals surface area contributed by atoms with E-state index in [0.29, 0.717) is 15.6 Å². The summed E-state index contributed by atoms with van der Waals surface area (Å²) in [6, 6.07) is -0.340. The molecule has 1 heterocycles. The normalized spacial score (nSPS) is 11.6. The lowest BCUT2D eigenvalue weighted by molar-refractivity contribution is 0.910. The van der Waals surface area contributed by atoms with Gasteiger partial charge in [-0.2, -0.15) is 0 Å². The molecule has 1 aromatic heterocycles. The second kappa shape index (κ2) is 5.45. The van der Waals surface area contributed by atoms with Crippen molar-refractivity contribution in [2.45, 2.75) is 6.04 Å². The summed E-state index contributed by atoms with van der Waals surface area (Å²) in [6.07, 6.45) is 4.59. The molecular formula is C8H9Cl3N2. The van der Waals surface area contributed by atoms with Crippen molar-refractivity contribution in [2.24, 2.45) is 5.73 Å². The third-order valence-corrected chi connectivity index (χ3v) is 2.08. The lowest BCUT2D eigenvalue weighted by atomic mass is 10.1. The Morgan fingerprint density at radius 1 is 1.38 bits per heavy atom. The highest BCUT2D eigenvalue weighted by atomic mass is 35.5. The van der Waals surface area contributed by atoms with Gasteiger partial charge in [0.05, 0.1) is 16.1 Å². The highest BCUT2D eigenvalue weighted by Crippen LogP contribution is 2.28. The number of aromatic nitrogens is 1. The largest absolute Gasteiger partial charge is 0.321 e. The standard InChI is InChI=1S/C8H8Cl2N2.ClH/c1-2-7(11)8-5(9)3-12-4-6(8)10;/h2-4,7H,1,11H2;1H/t7-;/m1./s1. The van der Waals surface area contributed by atoms with Crippen LogP contribution in [0.1, 0.15) is 11.6 Å². The van der Waals surface area contributed by atoms with Gasteiger partial charge in [0.25, 0.3) is 0 Å². The Balaban J connectivity index is 0.00000144. The zero-order valence-electron chi connectivity index (χ0n) is 6.71. The van der Waals surface area contributed by atoms with Crippen LogP contribution >= 0.6 is 35.6 Å². The molecule has 0 saturated heterocycles. The van der Waals surface area contributed by atoms with Crippen LogP contribution in [0.4, 0.5) is 0 Å². The maximum Gasteiger partial charge on any atom is 0.0655 e. The third-order valence-electron chi connectivity index (χ3n) is 1.48. The first-order valence-corrected chi connectivity index (χ1v) is 4.09. The van der Waals surface area contributed by atoms with Gasteiger partial charge in [-0.15, -0.1) is 19.0 Å². The SMILES string of the molecule is C=C[C@@H](N)c1c(Cl)cncc1Cl.Cl. The maximum absolute atomic E-state index is 5.83. The van der Waals surface area contributed by atoms with Crippen molar-refractivity contribution in [2.75, 3.05) is 0 Å². The number of halogens is 3. The summed E-state index contributed by atoms with van der Waals surface area (Å²) in [5.41, 5.74) is 6.35. The summed E-state index contributed by atoms with van der Waals surface area (Å²) in [5, 5.41) is 0.935. The van der Waals surface area contributed by atoms with Crippen LogP contribution in [-0.2, 0) is 0 Å². The number of rotatable bonds is 2. The van der Waals surface area contributed by atoms with Crippen molar-refractivity contribution < 1.29 is 0 Å². The van der Waals surface area contributed by atoms with E-state index in [1.165, 1.54) is 12.4 Å². The van der Waals surface area contributed by atoms with E-state index in [9.17, 15) is 0 Å². The van der Waals surface area contributed by atoms with Gasteiger partial charge in [0.15, 0.2) is 0 Å². The van der Waals surface area contributed by atoms with Crippen LogP contribution in [0.25, 0.3) is 0 Å². The quantitative estimate of drug-likeness (QED) is 0.806. The van der Waals surface area contributed by atoms with Gasteiger partial charge >= 0.3 is 0 Å². The molecule has 5 heteroatoms. The van der Waals surface area contributed by atoms with E-state index in [1.54, 1.807) is 6.08 Å². The van der Waals surface area contributed by atoms with Crippen molar-refractivity contribution >= 4 is 35.6 Å².